The van der Waals surface area contributed by atoms with Crippen molar-refractivity contribution < 1.29 is 4.74 Å². The van der Waals surface area contributed by atoms with Crippen molar-refractivity contribution in [3.8, 4) is 5.75 Å². The summed E-state index contributed by atoms with van der Waals surface area (Å²) in [6.07, 6.45) is 1.05. The van der Waals surface area contributed by atoms with Gasteiger partial charge in [0.2, 0.25) is 0 Å². The average molecular weight is 257 g/mol. The number of hydrogen-bond acceptors (Lipinski definition) is 2. The maximum atomic E-state index is 5.92. The van der Waals surface area contributed by atoms with Crippen LogP contribution in [0.4, 0.5) is 0 Å². The van der Waals surface area contributed by atoms with Crippen LogP contribution in [0.3, 0.4) is 0 Å². The smallest absolute Gasteiger partial charge is 0.127 e. The zero-order valence-electron chi connectivity index (χ0n) is 12.1. The summed E-state index contributed by atoms with van der Waals surface area (Å²) in [5, 5.41) is 2.43. The van der Waals surface area contributed by atoms with Crippen molar-refractivity contribution in [3.63, 3.8) is 0 Å². The Balaban J connectivity index is 1.92. The number of benzene rings is 2. The van der Waals surface area contributed by atoms with Crippen LogP contribution in [0.2, 0.25) is 0 Å². The van der Waals surface area contributed by atoms with E-state index in [-0.39, 0.29) is 0 Å². The summed E-state index contributed by atoms with van der Waals surface area (Å²) in [5.41, 5.74) is 0. The first-order valence-corrected chi connectivity index (χ1v) is 6.99. The molecule has 0 fully saturated rings. The summed E-state index contributed by atoms with van der Waals surface area (Å²) in [4.78, 5) is 2.34. The summed E-state index contributed by atoms with van der Waals surface area (Å²) in [7, 11) is 2.16. The SMILES string of the molecule is CC(C)N(C)CCCOc1cccc2ccccc12. The molecule has 0 amide bonds. The molecule has 0 saturated carbocycles. The molecular weight excluding hydrogens is 234 g/mol. The van der Waals surface area contributed by atoms with Crippen LogP contribution in [0.25, 0.3) is 10.8 Å². The van der Waals surface area contributed by atoms with Gasteiger partial charge in [-0.25, -0.2) is 0 Å². The highest BCUT2D eigenvalue weighted by Crippen LogP contribution is 2.25. The van der Waals surface area contributed by atoms with Gasteiger partial charge in [-0.2, -0.15) is 0 Å². The van der Waals surface area contributed by atoms with Crippen molar-refractivity contribution in [1.82, 2.24) is 4.90 Å². The van der Waals surface area contributed by atoms with Crippen molar-refractivity contribution >= 4 is 10.8 Å². The Morgan fingerprint density at radius 3 is 2.58 bits per heavy atom. The van der Waals surface area contributed by atoms with Crippen molar-refractivity contribution in [1.29, 1.82) is 0 Å². The normalized spacial score (nSPS) is 11.4. The quantitative estimate of drug-likeness (QED) is 0.727. The molecular formula is C17H23NO. The van der Waals surface area contributed by atoms with E-state index < -0.39 is 0 Å². The third-order valence-electron chi connectivity index (χ3n) is 3.54. The van der Waals surface area contributed by atoms with Gasteiger partial charge in [-0.15, -0.1) is 0 Å². The number of rotatable bonds is 6. The van der Waals surface area contributed by atoms with Gasteiger partial charge in [-0.05, 0) is 38.8 Å². The highest BCUT2D eigenvalue weighted by atomic mass is 16.5. The van der Waals surface area contributed by atoms with E-state index in [9.17, 15) is 0 Å². The first-order valence-electron chi connectivity index (χ1n) is 6.99. The topological polar surface area (TPSA) is 12.5 Å². The standard InChI is InChI=1S/C17H23NO/c1-14(2)18(3)12-7-13-19-17-11-6-9-15-8-4-5-10-16(15)17/h4-6,8-11,14H,7,12-13H2,1-3H3. The Kier molecular flexibility index (Phi) is 4.80. The highest BCUT2D eigenvalue weighted by Gasteiger charge is 2.04. The van der Waals surface area contributed by atoms with Crippen LogP contribution in [0.5, 0.6) is 5.75 Å². The molecule has 0 atom stereocenters. The molecule has 0 bridgehead atoms. The monoisotopic (exact) mass is 257 g/mol. The van der Waals surface area contributed by atoms with E-state index in [1.54, 1.807) is 0 Å². The number of ether oxygens (including phenoxy) is 1. The lowest BCUT2D eigenvalue weighted by Gasteiger charge is -2.20. The first kappa shape index (κ1) is 13.9. The summed E-state index contributed by atoms with van der Waals surface area (Å²) in [5.74, 6) is 0.991. The molecule has 2 aromatic rings. The van der Waals surface area contributed by atoms with E-state index >= 15 is 0 Å². The zero-order valence-corrected chi connectivity index (χ0v) is 12.1. The maximum absolute atomic E-state index is 5.92. The van der Waals surface area contributed by atoms with Crippen LogP contribution in [0.1, 0.15) is 20.3 Å². The van der Waals surface area contributed by atoms with Crippen molar-refractivity contribution in [2.75, 3.05) is 20.2 Å². The fraction of sp³-hybridized carbons (Fsp3) is 0.412. The fourth-order valence-corrected chi connectivity index (χ4v) is 2.08. The molecule has 0 unspecified atom stereocenters. The van der Waals surface area contributed by atoms with E-state index in [1.807, 2.05) is 0 Å². The first-order chi connectivity index (χ1) is 9.18. The summed E-state index contributed by atoms with van der Waals surface area (Å²) in [6, 6.07) is 15.2. The Hall–Kier alpha value is -1.54. The van der Waals surface area contributed by atoms with E-state index in [2.05, 4.69) is 68.3 Å². The molecule has 0 N–H and O–H groups in total. The lowest BCUT2D eigenvalue weighted by molar-refractivity contribution is 0.235. The van der Waals surface area contributed by atoms with Crippen LogP contribution >= 0.6 is 0 Å². The molecule has 2 nitrogen and oxygen atoms in total. The summed E-state index contributed by atoms with van der Waals surface area (Å²) in [6.45, 7) is 6.27. The Bertz CT molecular complexity index is 516. The van der Waals surface area contributed by atoms with Crippen molar-refractivity contribution in [3.05, 3.63) is 42.5 Å². The molecule has 0 aliphatic rings. The van der Waals surface area contributed by atoms with Gasteiger partial charge < -0.3 is 9.64 Å². The van der Waals surface area contributed by atoms with Crippen LogP contribution in [0.15, 0.2) is 42.5 Å². The predicted octanol–water partition coefficient (Wildman–Crippen LogP) is 3.95. The molecule has 0 spiro atoms. The summed E-state index contributed by atoms with van der Waals surface area (Å²) >= 11 is 0. The molecule has 102 valence electrons. The van der Waals surface area contributed by atoms with Gasteiger partial charge in [-0.3, -0.25) is 0 Å². The van der Waals surface area contributed by atoms with E-state index in [0.29, 0.717) is 6.04 Å². The molecule has 0 aromatic heterocycles. The third kappa shape index (κ3) is 3.71. The third-order valence-corrected chi connectivity index (χ3v) is 3.54. The molecule has 2 heteroatoms. The van der Waals surface area contributed by atoms with Gasteiger partial charge in [0, 0.05) is 18.0 Å². The number of fused-ring (bicyclic) bond motifs is 1. The van der Waals surface area contributed by atoms with Crippen molar-refractivity contribution in [2.24, 2.45) is 0 Å². The lowest BCUT2D eigenvalue weighted by atomic mass is 10.1. The Morgan fingerprint density at radius 1 is 1.05 bits per heavy atom. The molecule has 2 rings (SSSR count). The predicted molar refractivity (Wildman–Crippen MR) is 81.8 cm³/mol. The lowest BCUT2D eigenvalue weighted by Crippen LogP contribution is -2.28. The van der Waals surface area contributed by atoms with Gasteiger partial charge in [0.25, 0.3) is 0 Å². The minimum atomic E-state index is 0.595. The van der Waals surface area contributed by atoms with Crippen LogP contribution in [0, 0.1) is 0 Å². The molecule has 0 saturated heterocycles. The van der Waals surface area contributed by atoms with Gasteiger partial charge in [0.1, 0.15) is 5.75 Å². The van der Waals surface area contributed by atoms with Gasteiger partial charge >= 0.3 is 0 Å². The van der Waals surface area contributed by atoms with Gasteiger partial charge in [0.15, 0.2) is 0 Å². The molecule has 0 heterocycles. The van der Waals surface area contributed by atoms with E-state index in [4.69, 9.17) is 4.74 Å². The van der Waals surface area contributed by atoms with Crippen LogP contribution in [-0.2, 0) is 0 Å². The van der Waals surface area contributed by atoms with Crippen LogP contribution in [-0.4, -0.2) is 31.1 Å². The number of nitrogens with zero attached hydrogens (tertiary/aromatic N) is 1. The fourth-order valence-electron chi connectivity index (χ4n) is 2.08. The van der Waals surface area contributed by atoms with E-state index in [0.717, 1.165) is 25.3 Å². The van der Waals surface area contributed by atoms with Crippen LogP contribution < -0.4 is 4.74 Å². The average Bonchev–Trinajstić information content (AvgIpc) is 2.43. The Labute approximate surface area is 116 Å². The largest absolute Gasteiger partial charge is 0.493 e. The second-order valence-electron chi connectivity index (χ2n) is 5.25. The molecule has 0 aliphatic carbocycles. The minimum Gasteiger partial charge on any atom is -0.493 e. The van der Waals surface area contributed by atoms with Gasteiger partial charge in [0.05, 0.1) is 6.61 Å². The Morgan fingerprint density at radius 2 is 1.79 bits per heavy atom. The number of hydrogen-bond donors (Lipinski definition) is 0. The van der Waals surface area contributed by atoms with Gasteiger partial charge in [-0.1, -0.05) is 36.4 Å². The maximum Gasteiger partial charge on any atom is 0.127 e. The second kappa shape index (κ2) is 6.58. The second-order valence-corrected chi connectivity index (χ2v) is 5.25. The molecule has 2 aromatic carbocycles. The van der Waals surface area contributed by atoms with Crippen molar-refractivity contribution in [2.45, 2.75) is 26.3 Å². The molecule has 0 aliphatic heterocycles. The molecule has 0 radical (unpaired) electrons. The van der Waals surface area contributed by atoms with E-state index in [1.165, 1.54) is 10.8 Å². The molecule has 19 heavy (non-hydrogen) atoms. The summed E-state index contributed by atoms with van der Waals surface area (Å²) < 4.78 is 5.92. The minimum absolute atomic E-state index is 0.595. The zero-order chi connectivity index (χ0) is 13.7. The highest BCUT2D eigenvalue weighted by molar-refractivity contribution is 5.88.